The molecule has 3 N–H and O–H groups in total. The van der Waals surface area contributed by atoms with Gasteiger partial charge in [-0.1, -0.05) is 29.5 Å². The monoisotopic (exact) mass is 384 g/mol. The molecule has 138 valence electrons. The number of aromatic nitrogens is 1. The number of carbonyl (C=O) groups is 1. The van der Waals surface area contributed by atoms with Crippen molar-refractivity contribution in [3.8, 4) is 5.75 Å². The Morgan fingerprint density at radius 3 is 2.70 bits per heavy atom. The van der Waals surface area contributed by atoms with Crippen LogP contribution in [0.4, 0.5) is 9.52 Å². The molecule has 0 aliphatic carbocycles. The van der Waals surface area contributed by atoms with Crippen LogP contribution in [-0.2, 0) is 6.61 Å². The zero-order valence-electron chi connectivity index (χ0n) is 14.5. The number of halogens is 1. The zero-order chi connectivity index (χ0) is 19.2. The van der Waals surface area contributed by atoms with Gasteiger partial charge in [-0.15, -0.1) is 0 Å². The van der Waals surface area contributed by atoms with E-state index in [4.69, 9.17) is 10.5 Å². The Kier molecular flexibility index (Phi) is 5.77. The molecule has 0 unspecified atom stereocenters. The maximum absolute atomic E-state index is 13.6. The first-order valence-electron chi connectivity index (χ1n) is 8.05. The second-order valence-electron chi connectivity index (χ2n) is 5.61. The predicted molar refractivity (Wildman–Crippen MR) is 103 cm³/mol. The van der Waals surface area contributed by atoms with Gasteiger partial charge < -0.3 is 10.5 Å². The van der Waals surface area contributed by atoms with Crippen LogP contribution < -0.4 is 15.9 Å². The highest BCUT2D eigenvalue weighted by molar-refractivity contribution is 7.17. The number of hydrogen-bond donors (Lipinski definition) is 2. The molecule has 6 nitrogen and oxygen atoms in total. The lowest BCUT2D eigenvalue weighted by atomic mass is 10.2. The van der Waals surface area contributed by atoms with Gasteiger partial charge in [-0.25, -0.2) is 14.8 Å². The number of aryl methyl sites for hydroxylation is 1. The fraction of sp³-hybridized carbons (Fsp3) is 0.105. The smallest absolute Gasteiger partial charge is 0.283 e. The molecule has 0 saturated carbocycles. The Morgan fingerprint density at radius 1 is 1.30 bits per heavy atom. The number of benzene rings is 2. The normalized spacial score (nSPS) is 10.9. The minimum absolute atomic E-state index is 0.146. The van der Waals surface area contributed by atoms with E-state index in [1.807, 2.05) is 0 Å². The van der Waals surface area contributed by atoms with Gasteiger partial charge in [-0.05, 0) is 42.8 Å². The quantitative estimate of drug-likeness (QED) is 0.503. The molecular formula is C19H17FN4O2S. The van der Waals surface area contributed by atoms with Crippen LogP contribution in [0.1, 0.15) is 26.5 Å². The number of thiazole rings is 1. The lowest BCUT2D eigenvalue weighted by molar-refractivity contribution is 0.0958. The van der Waals surface area contributed by atoms with E-state index in [9.17, 15) is 9.18 Å². The zero-order valence-corrected chi connectivity index (χ0v) is 15.3. The lowest BCUT2D eigenvalue weighted by Gasteiger charge is -2.07. The number of nitrogens with two attached hydrogens (primary N) is 1. The number of nitrogens with one attached hydrogen (secondary N) is 1. The first kappa shape index (κ1) is 18.5. The summed E-state index contributed by atoms with van der Waals surface area (Å²) in [6, 6.07) is 13.5. The maximum Gasteiger partial charge on any atom is 0.283 e. The average Bonchev–Trinajstić information content (AvgIpc) is 3.00. The molecular weight excluding hydrogens is 367 g/mol. The van der Waals surface area contributed by atoms with Crippen LogP contribution in [-0.4, -0.2) is 17.1 Å². The summed E-state index contributed by atoms with van der Waals surface area (Å²) in [6.07, 6.45) is 1.51. The van der Waals surface area contributed by atoms with Crippen molar-refractivity contribution in [3.05, 3.63) is 76.0 Å². The van der Waals surface area contributed by atoms with Crippen LogP contribution in [0.25, 0.3) is 0 Å². The maximum atomic E-state index is 13.6. The summed E-state index contributed by atoms with van der Waals surface area (Å²) in [7, 11) is 0. The highest BCUT2D eigenvalue weighted by Gasteiger charge is 2.13. The summed E-state index contributed by atoms with van der Waals surface area (Å²) >= 11 is 1.11. The molecule has 0 spiro atoms. The lowest BCUT2D eigenvalue weighted by Crippen LogP contribution is -2.17. The van der Waals surface area contributed by atoms with Gasteiger partial charge in [0.2, 0.25) is 0 Å². The molecule has 1 aromatic heterocycles. The fourth-order valence-electron chi connectivity index (χ4n) is 2.27. The summed E-state index contributed by atoms with van der Waals surface area (Å²) in [4.78, 5) is 16.4. The molecule has 0 aliphatic heterocycles. The van der Waals surface area contributed by atoms with Gasteiger partial charge in [0, 0.05) is 5.56 Å². The summed E-state index contributed by atoms with van der Waals surface area (Å²) in [6.45, 7) is 1.86. The van der Waals surface area contributed by atoms with Crippen molar-refractivity contribution in [3.63, 3.8) is 0 Å². The minimum atomic E-state index is -0.359. The number of rotatable bonds is 6. The highest BCUT2D eigenvalue weighted by atomic mass is 32.1. The second kappa shape index (κ2) is 8.41. The van der Waals surface area contributed by atoms with Crippen LogP contribution in [0, 0.1) is 12.7 Å². The van der Waals surface area contributed by atoms with E-state index in [1.54, 1.807) is 49.4 Å². The van der Waals surface area contributed by atoms with Crippen LogP contribution in [0.5, 0.6) is 5.75 Å². The molecule has 2 aromatic carbocycles. The molecule has 0 fully saturated rings. The number of nitrogens with zero attached hydrogens (tertiary/aromatic N) is 2. The molecule has 0 bridgehead atoms. The summed E-state index contributed by atoms with van der Waals surface area (Å²) in [5.41, 5.74) is 9.85. The van der Waals surface area contributed by atoms with Gasteiger partial charge >= 0.3 is 0 Å². The van der Waals surface area contributed by atoms with Gasteiger partial charge in [0.05, 0.1) is 11.9 Å². The third-order valence-corrected chi connectivity index (χ3v) is 4.62. The third kappa shape index (κ3) is 4.89. The number of hydrazone groups is 1. The van der Waals surface area contributed by atoms with E-state index in [-0.39, 0.29) is 18.3 Å². The fourth-order valence-corrected chi connectivity index (χ4v) is 2.99. The highest BCUT2D eigenvalue weighted by Crippen LogP contribution is 2.19. The Balaban J connectivity index is 1.54. The van der Waals surface area contributed by atoms with Crippen molar-refractivity contribution in [1.29, 1.82) is 0 Å². The number of carbonyl (C=O) groups excluding carboxylic acids is 1. The molecule has 0 radical (unpaired) electrons. The SMILES string of the molecule is Cc1nc(N)sc1C(=O)NN=Cc1ccc(OCc2ccccc2F)cc1. The molecule has 8 heteroatoms. The van der Waals surface area contributed by atoms with E-state index in [1.165, 1.54) is 12.3 Å². The summed E-state index contributed by atoms with van der Waals surface area (Å²) in [5.74, 6) is -0.0482. The van der Waals surface area contributed by atoms with Crippen molar-refractivity contribution in [2.45, 2.75) is 13.5 Å². The Labute approximate surface area is 159 Å². The van der Waals surface area contributed by atoms with Crippen LogP contribution in [0.15, 0.2) is 53.6 Å². The van der Waals surface area contributed by atoms with E-state index in [2.05, 4.69) is 15.5 Å². The van der Waals surface area contributed by atoms with Crippen LogP contribution in [0.2, 0.25) is 0 Å². The molecule has 1 amide bonds. The molecule has 1 heterocycles. The summed E-state index contributed by atoms with van der Waals surface area (Å²) < 4.78 is 19.1. The van der Waals surface area contributed by atoms with Crippen molar-refractivity contribution in [2.24, 2.45) is 5.10 Å². The van der Waals surface area contributed by atoms with Crippen molar-refractivity contribution < 1.29 is 13.9 Å². The number of nitrogen functional groups attached to an aromatic ring is 1. The van der Waals surface area contributed by atoms with Gasteiger partial charge in [0.25, 0.3) is 5.91 Å². The van der Waals surface area contributed by atoms with Crippen molar-refractivity contribution >= 4 is 28.6 Å². The number of anilines is 1. The van der Waals surface area contributed by atoms with Crippen molar-refractivity contribution in [2.75, 3.05) is 5.73 Å². The van der Waals surface area contributed by atoms with Gasteiger partial charge in [0.1, 0.15) is 23.1 Å². The second-order valence-corrected chi connectivity index (χ2v) is 6.65. The minimum Gasteiger partial charge on any atom is -0.489 e. The molecule has 0 aliphatic rings. The Bertz CT molecular complexity index is 970. The van der Waals surface area contributed by atoms with Crippen molar-refractivity contribution in [1.82, 2.24) is 10.4 Å². The van der Waals surface area contributed by atoms with Gasteiger partial charge in [-0.2, -0.15) is 5.10 Å². The standard InChI is InChI=1S/C19H17FN4O2S/c1-12-17(27-19(21)23-12)18(25)24-22-10-13-6-8-15(9-7-13)26-11-14-4-2-3-5-16(14)20/h2-10H,11H2,1H3,(H2,21,23)(H,24,25). The topological polar surface area (TPSA) is 89.6 Å². The van der Waals surface area contributed by atoms with E-state index in [0.717, 1.165) is 16.9 Å². The molecule has 27 heavy (non-hydrogen) atoms. The van der Waals surface area contributed by atoms with E-state index < -0.39 is 0 Å². The summed E-state index contributed by atoms with van der Waals surface area (Å²) in [5, 5.41) is 4.27. The first-order chi connectivity index (χ1) is 13.0. The number of hydrogen-bond acceptors (Lipinski definition) is 6. The van der Waals surface area contributed by atoms with E-state index >= 15 is 0 Å². The first-order valence-corrected chi connectivity index (χ1v) is 8.87. The van der Waals surface area contributed by atoms with Gasteiger partial charge in [-0.3, -0.25) is 4.79 Å². The molecule has 0 saturated heterocycles. The van der Waals surface area contributed by atoms with Gasteiger partial charge in [0.15, 0.2) is 5.13 Å². The van der Waals surface area contributed by atoms with E-state index in [0.29, 0.717) is 27.0 Å². The largest absolute Gasteiger partial charge is 0.489 e. The number of ether oxygens (including phenoxy) is 1. The Morgan fingerprint density at radius 2 is 2.04 bits per heavy atom. The number of amides is 1. The molecule has 3 rings (SSSR count). The average molecular weight is 384 g/mol. The Hall–Kier alpha value is -3.26. The van der Waals surface area contributed by atoms with Crippen LogP contribution in [0.3, 0.4) is 0 Å². The molecule has 3 aromatic rings. The van der Waals surface area contributed by atoms with Crippen LogP contribution >= 0.6 is 11.3 Å². The molecule has 0 atom stereocenters. The predicted octanol–water partition coefficient (Wildman–Crippen LogP) is 3.52. The third-order valence-electron chi connectivity index (χ3n) is 3.63.